The lowest BCUT2D eigenvalue weighted by atomic mass is 9.90. The fourth-order valence-corrected chi connectivity index (χ4v) is 2.47. The van der Waals surface area contributed by atoms with E-state index in [1.54, 1.807) is 0 Å². The van der Waals surface area contributed by atoms with Crippen molar-refractivity contribution in [1.82, 2.24) is 10.6 Å². The van der Waals surface area contributed by atoms with Crippen LogP contribution in [0.1, 0.15) is 36.8 Å². The number of rotatable bonds is 4. The van der Waals surface area contributed by atoms with E-state index in [0.717, 1.165) is 18.5 Å². The average Bonchev–Trinajstić information content (AvgIpc) is 2.46. The highest BCUT2D eigenvalue weighted by molar-refractivity contribution is 5.85. The molecule has 1 heterocycles. The van der Waals surface area contributed by atoms with E-state index in [1.165, 1.54) is 5.56 Å². The van der Waals surface area contributed by atoms with Gasteiger partial charge in [-0.1, -0.05) is 31.2 Å². The predicted octanol–water partition coefficient (Wildman–Crippen LogP) is 1.79. The minimum atomic E-state index is -0.114. The fraction of sp³-hybridized carbons (Fsp3) is 0.438. The number of benzene rings is 1. The normalized spacial score (nSPS) is 19.1. The molecule has 1 aromatic carbocycles. The van der Waals surface area contributed by atoms with E-state index < -0.39 is 0 Å². The SMILES string of the molecule is C#CCC(CC)NC(=O)C1CNCc2ccccc21. The van der Waals surface area contributed by atoms with Crippen molar-refractivity contribution in [3.05, 3.63) is 35.4 Å². The van der Waals surface area contributed by atoms with Crippen LogP contribution in [0.4, 0.5) is 0 Å². The van der Waals surface area contributed by atoms with Gasteiger partial charge in [0.25, 0.3) is 0 Å². The van der Waals surface area contributed by atoms with E-state index >= 15 is 0 Å². The first-order valence-electron chi connectivity index (χ1n) is 6.78. The molecule has 2 rings (SSSR count). The Balaban J connectivity index is 2.11. The monoisotopic (exact) mass is 256 g/mol. The molecule has 100 valence electrons. The summed E-state index contributed by atoms with van der Waals surface area (Å²) in [7, 11) is 0. The van der Waals surface area contributed by atoms with Crippen LogP contribution < -0.4 is 10.6 Å². The van der Waals surface area contributed by atoms with Crippen molar-refractivity contribution < 1.29 is 4.79 Å². The Hall–Kier alpha value is -1.79. The summed E-state index contributed by atoms with van der Waals surface area (Å²) >= 11 is 0. The van der Waals surface area contributed by atoms with Crippen LogP contribution in [-0.2, 0) is 11.3 Å². The number of hydrogen-bond donors (Lipinski definition) is 2. The van der Waals surface area contributed by atoms with Crippen LogP contribution in [0.25, 0.3) is 0 Å². The van der Waals surface area contributed by atoms with E-state index in [9.17, 15) is 4.79 Å². The number of terminal acetylenes is 1. The third-order valence-corrected chi connectivity index (χ3v) is 3.61. The van der Waals surface area contributed by atoms with Gasteiger partial charge in [0, 0.05) is 25.6 Å². The smallest absolute Gasteiger partial charge is 0.229 e. The van der Waals surface area contributed by atoms with Gasteiger partial charge in [-0.05, 0) is 17.5 Å². The number of fused-ring (bicyclic) bond motifs is 1. The molecule has 0 spiro atoms. The zero-order valence-corrected chi connectivity index (χ0v) is 11.3. The van der Waals surface area contributed by atoms with Gasteiger partial charge < -0.3 is 10.6 Å². The molecule has 2 unspecified atom stereocenters. The molecule has 0 saturated carbocycles. The molecule has 2 N–H and O–H groups in total. The summed E-state index contributed by atoms with van der Waals surface area (Å²) < 4.78 is 0. The van der Waals surface area contributed by atoms with Crippen molar-refractivity contribution in [3.8, 4) is 12.3 Å². The lowest BCUT2D eigenvalue weighted by Gasteiger charge is -2.27. The number of carbonyl (C=O) groups is 1. The van der Waals surface area contributed by atoms with E-state index in [1.807, 2.05) is 25.1 Å². The molecular weight excluding hydrogens is 236 g/mol. The van der Waals surface area contributed by atoms with Crippen molar-refractivity contribution in [2.45, 2.75) is 38.3 Å². The molecule has 3 nitrogen and oxygen atoms in total. The number of amides is 1. The third kappa shape index (κ3) is 3.15. The minimum Gasteiger partial charge on any atom is -0.352 e. The highest BCUT2D eigenvalue weighted by atomic mass is 16.2. The van der Waals surface area contributed by atoms with Crippen LogP contribution in [0, 0.1) is 12.3 Å². The molecular formula is C16H20N2O. The molecule has 0 saturated heterocycles. The van der Waals surface area contributed by atoms with Crippen LogP contribution in [-0.4, -0.2) is 18.5 Å². The Labute approximate surface area is 114 Å². The fourth-order valence-electron chi connectivity index (χ4n) is 2.47. The van der Waals surface area contributed by atoms with Gasteiger partial charge in [-0.25, -0.2) is 0 Å². The molecule has 1 aromatic rings. The Morgan fingerprint density at radius 1 is 1.58 bits per heavy atom. The summed E-state index contributed by atoms with van der Waals surface area (Å²) in [5.74, 6) is 2.57. The molecule has 0 radical (unpaired) electrons. The molecule has 1 aliphatic rings. The summed E-state index contributed by atoms with van der Waals surface area (Å²) in [5.41, 5.74) is 2.34. The highest BCUT2D eigenvalue weighted by Gasteiger charge is 2.26. The third-order valence-electron chi connectivity index (χ3n) is 3.61. The van der Waals surface area contributed by atoms with Crippen molar-refractivity contribution in [3.63, 3.8) is 0 Å². The topological polar surface area (TPSA) is 41.1 Å². The molecule has 1 aliphatic heterocycles. The molecule has 0 fully saturated rings. The largest absolute Gasteiger partial charge is 0.352 e. The predicted molar refractivity (Wildman–Crippen MR) is 76.6 cm³/mol. The average molecular weight is 256 g/mol. The first-order chi connectivity index (χ1) is 9.26. The molecule has 0 aromatic heterocycles. The maximum absolute atomic E-state index is 12.4. The molecule has 1 amide bonds. The Morgan fingerprint density at radius 2 is 2.37 bits per heavy atom. The summed E-state index contributed by atoms with van der Waals surface area (Å²) in [6.45, 7) is 3.56. The maximum Gasteiger partial charge on any atom is 0.229 e. The van der Waals surface area contributed by atoms with Gasteiger partial charge in [-0.15, -0.1) is 12.3 Å². The van der Waals surface area contributed by atoms with Crippen molar-refractivity contribution >= 4 is 5.91 Å². The Kier molecular flexibility index (Phi) is 4.59. The molecule has 2 atom stereocenters. The second kappa shape index (κ2) is 6.40. The van der Waals surface area contributed by atoms with Crippen molar-refractivity contribution in [2.75, 3.05) is 6.54 Å². The second-order valence-electron chi connectivity index (χ2n) is 4.90. The van der Waals surface area contributed by atoms with Crippen LogP contribution in [0.5, 0.6) is 0 Å². The Morgan fingerprint density at radius 3 is 3.11 bits per heavy atom. The van der Waals surface area contributed by atoms with E-state index in [-0.39, 0.29) is 17.9 Å². The van der Waals surface area contributed by atoms with Gasteiger partial charge >= 0.3 is 0 Å². The molecule has 3 heteroatoms. The second-order valence-corrected chi connectivity index (χ2v) is 4.90. The quantitative estimate of drug-likeness (QED) is 0.806. The lowest BCUT2D eigenvalue weighted by Crippen LogP contribution is -2.42. The van der Waals surface area contributed by atoms with E-state index in [0.29, 0.717) is 13.0 Å². The van der Waals surface area contributed by atoms with Gasteiger partial charge in [0.1, 0.15) is 0 Å². The van der Waals surface area contributed by atoms with Crippen LogP contribution in [0.2, 0.25) is 0 Å². The lowest BCUT2D eigenvalue weighted by molar-refractivity contribution is -0.123. The van der Waals surface area contributed by atoms with Crippen LogP contribution >= 0.6 is 0 Å². The molecule has 0 bridgehead atoms. The number of nitrogens with one attached hydrogen (secondary N) is 2. The minimum absolute atomic E-state index is 0.0711. The van der Waals surface area contributed by atoms with Gasteiger partial charge in [-0.3, -0.25) is 4.79 Å². The van der Waals surface area contributed by atoms with Gasteiger partial charge in [0.15, 0.2) is 0 Å². The highest BCUT2D eigenvalue weighted by Crippen LogP contribution is 2.24. The van der Waals surface area contributed by atoms with Gasteiger partial charge in [0.05, 0.1) is 5.92 Å². The van der Waals surface area contributed by atoms with Gasteiger partial charge in [-0.2, -0.15) is 0 Å². The number of hydrogen-bond acceptors (Lipinski definition) is 2. The maximum atomic E-state index is 12.4. The first kappa shape index (κ1) is 13.6. The summed E-state index contributed by atoms with van der Waals surface area (Å²) in [4.78, 5) is 12.4. The summed E-state index contributed by atoms with van der Waals surface area (Å²) in [5, 5.41) is 6.35. The molecule has 19 heavy (non-hydrogen) atoms. The van der Waals surface area contributed by atoms with Crippen molar-refractivity contribution in [1.29, 1.82) is 0 Å². The summed E-state index contributed by atoms with van der Waals surface area (Å²) in [6, 6.07) is 8.19. The number of carbonyl (C=O) groups excluding carboxylic acids is 1. The zero-order valence-electron chi connectivity index (χ0n) is 11.3. The Bertz CT molecular complexity index is 490. The first-order valence-corrected chi connectivity index (χ1v) is 6.78. The van der Waals surface area contributed by atoms with E-state index in [4.69, 9.17) is 6.42 Å². The van der Waals surface area contributed by atoms with Gasteiger partial charge in [0.2, 0.25) is 5.91 Å². The molecule has 0 aliphatic carbocycles. The van der Waals surface area contributed by atoms with Crippen molar-refractivity contribution in [2.24, 2.45) is 0 Å². The summed E-state index contributed by atoms with van der Waals surface area (Å²) in [6.07, 6.45) is 6.77. The van der Waals surface area contributed by atoms with Crippen LogP contribution in [0.15, 0.2) is 24.3 Å². The zero-order chi connectivity index (χ0) is 13.7. The van der Waals surface area contributed by atoms with E-state index in [2.05, 4.69) is 22.6 Å². The standard InChI is InChI=1S/C16H20N2O/c1-3-7-13(4-2)18-16(19)15-11-17-10-12-8-5-6-9-14(12)15/h1,5-6,8-9,13,15,17H,4,7,10-11H2,2H3,(H,18,19). The van der Waals surface area contributed by atoms with Crippen LogP contribution in [0.3, 0.4) is 0 Å².